The summed E-state index contributed by atoms with van der Waals surface area (Å²) in [7, 11) is 0. The topological polar surface area (TPSA) is 114 Å². The zero-order valence-corrected chi connectivity index (χ0v) is 18.1. The predicted octanol–water partition coefficient (Wildman–Crippen LogP) is 3.59. The summed E-state index contributed by atoms with van der Waals surface area (Å²) in [4.78, 5) is 24.3. The molecule has 2 atom stereocenters. The summed E-state index contributed by atoms with van der Waals surface area (Å²) in [6.45, 7) is 12.5. The van der Waals surface area contributed by atoms with Crippen LogP contribution in [0.15, 0.2) is 18.5 Å². The zero-order valence-electron chi connectivity index (χ0n) is 18.1. The Balaban J connectivity index is 1.96. The number of hydrogen-bond acceptors (Lipinski definition) is 4. The number of carbonyl (C=O) groups excluding carboxylic acids is 2. The fraction of sp³-hybridized carbons (Fsp3) is 0.571. The number of anilines is 2. The van der Waals surface area contributed by atoms with E-state index in [9.17, 15) is 9.59 Å². The molecule has 8 nitrogen and oxygen atoms in total. The van der Waals surface area contributed by atoms with Crippen LogP contribution < -0.4 is 21.7 Å². The van der Waals surface area contributed by atoms with Gasteiger partial charge in [-0.05, 0) is 51.0 Å². The molecule has 0 bridgehead atoms. The van der Waals surface area contributed by atoms with Gasteiger partial charge in [0.05, 0.1) is 34.8 Å². The Labute approximate surface area is 171 Å². The first kappa shape index (κ1) is 21.0. The third-order valence-electron chi connectivity index (χ3n) is 6.02. The van der Waals surface area contributed by atoms with Gasteiger partial charge in [-0.15, -0.1) is 0 Å². The van der Waals surface area contributed by atoms with E-state index >= 15 is 0 Å². The Hall–Kier alpha value is -2.77. The van der Waals surface area contributed by atoms with Crippen LogP contribution in [-0.2, 0) is 0 Å². The SMILES string of the molecule is CC1CCC(Nc2c(C(N)=O)cnn3cc(NC(=O)NC(C)(C)C)cc23)C1(C)C. The molecule has 2 heterocycles. The smallest absolute Gasteiger partial charge is 0.319 e. The van der Waals surface area contributed by atoms with E-state index in [4.69, 9.17) is 5.73 Å². The second-order valence-electron chi connectivity index (χ2n) is 9.68. The Kier molecular flexibility index (Phi) is 5.23. The van der Waals surface area contributed by atoms with Crippen LogP contribution in [0.25, 0.3) is 5.52 Å². The van der Waals surface area contributed by atoms with Crippen LogP contribution in [0.2, 0.25) is 0 Å². The fourth-order valence-corrected chi connectivity index (χ4v) is 3.90. The maximum atomic E-state index is 12.2. The van der Waals surface area contributed by atoms with Crippen LogP contribution in [0.3, 0.4) is 0 Å². The Morgan fingerprint density at radius 2 is 1.97 bits per heavy atom. The van der Waals surface area contributed by atoms with E-state index in [1.54, 1.807) is 16.8 Å². The maximum Gasteiger partial charge on any atom is 0.319 e. The van der Waals surface area contributed by atoms with Gasteiger partial charge < -0.3 is 21.7 Å². The zero-order chi connectivity index (χ0) is 21.6. The predicted molar refractivity (Wildman–Crippen MR) is 115 cm³/mol. The van der Waals surface area contributed by atoms with Crippen molar-refractivity contribution in [2.45, 2.75) is 66.0 Å². The van der Waals surface area contributed by atoms with Gasteiger partial charge in [0.25, 0.3) is 5.91 Å². The summed E-state index contributed by atoms with van der Waals surface area (Å²) in [5, 5.41) is 13.6. The lowest BCUT2D eigenvalue weighted by atomic mass is 9.80. The van der Waals surface area contributed by atoms with Crippen molar-refractivity contribution in [2.75, 3.05) is 10.6 Å². The molecule has 0 radical (unpaired) electrons. The van der Waals surface area contributed by atoms with Gasteiger partial charge in [-0.2, -0.15) is 5.10 Å². The van der Waals surface area contributed by atoms with E-state index in [0.717, 1.165) is 12.8 Å². The number of amides is 3. The van der Waals surface area contributed by atoms with E-state index in [1.807, 2.05) is 20.8 Å². The van der Waals surface area contributed by atoms with Crippen molar-refractivity contribution in [3.8, 4) is 0 Å². The Morgan fingerprint density at radius 3 is 2.52 bits per heavy atom. The Morgan fingerprint density at radius 1 is 1.28 bits per heavy atom. The van der Waals surface area contributed by atoms with Crippen LogP contribution in [0, 0.1) is 11.3 Å². The van der Waals surface area contributed by atoms with Crippen molar-refractivity contribution in [3.63, 3.8) is 0 Å². The Bertz CT molecular complexity index is 941. The number of carbonyl (C=O) groups is 2. The normalized spacial score (nSPS) is 21.2. The molecule has 158 valence electrons. The molecular formula is C21H32N6O2. The molecule has 1 aliphatic rings. The van der Waals surface area contributed by atoms with Gasteiger partial charge in [-0.25, -0.2) is 9.31 Å². The average Bonchev–Trinajstić information content (AvgIpc) is 3.08. The van der Waals surface area contributed by atoms with Crippen molar-refractivity contribution < 1.29 is 9.59 Å². The molecule has 0 saturated heterocycles. The molecule has 3 amide bonds. The number of rotatable bonds is 4. The molecule has 8 heteroatoms. The third-order valence-corrected chi connectivity index (χ3v) is 6.02. The fourth-order valence-electron chi connectivity index (χ4n) is 3.90. The summed E-state index contributed by atoms with van der Waals surface area (Å²) < 4.78 is 1.65. The van der Waals surface area contributed by atoms with E-state index in [0.29, 0.717) is 28.4 Å². The highest BCUT2D eigenvalue weighted by Gasteiger charge is 2.41. The minimum absolute atomic E-state index is 0.0788. The van der Waals surface area contributed by atoms with Crippen LogP contribution >= 0.6 is 0 Å². The summed E-state index contributed by atoms with van der Waals surface area (Å²) >= 11 is 0. The highest BCUT2D eigenvalue weighted by molar-refractivity contribution is 6.02. The number of aromatic nitrogens is 2. The summed E-state index contributed by atoms with van der Waals surface area (Å²) in [6, 6.07) is 1.70. The third kappa shape index (κ3) is 4.31. The molecule has 5 N–H and O–H groups in total. The number of nitrogens with zero attached hydrogens (tertiary/aromatic N) is 2. The van der Waals surface area contributed by atoms with Crippen LogP contribution in [0.1, 0.15) is 64.7 Å². The molecule has 2 aromatic heterocycles. The molecule has 2 aromatic rings. The second-order valence-corrected chi connectivity index (χ2v) is 9.68. The van der Waals surface area contributed by atoms with Crippen molar-refractivity contribution >= 4 is 28.8 Å². The van der Waals surface area contributed by atoms with Crippen molar-refractivity contribution in [2.24, 2.45) is 17.1 Å². The molecule has 1 aliphatic carbocycles. The largest absolute Gasteiger partial charge is 0.379 e. The first-order valence-corrected chi connectivity index (χ1v) is 10.1. The highest BCUT2D eigenvalue weighted by atomic mass is 16.2. The quantitative estimate of drug-likeness (QED) is 0.628. The van der Waals surface area contributed by atoms with Gasteiger partial charge >= 0.3 is 6.03 Å². The van der Waals surface area contributed by atoms with E-state index < -0.39 is 5.91 Å². The average molecular weight is 401 g/mol. The van der Waals surface area contributed by atoms with Crippen LogP contribution in [-0.4, -0.2) is 33.1 Å². The number of nitrogens with two attached hydrogens (primary N) is 1. The lowest BCUT2D eigenvalue weighted by Crippen LogP contribution is -2.43. The molecule has 1 saturated carbocycles. The number of primary amides is 1. The minimum Gasteiger partial charge on any atom is -0.379 e. The van der Waals surface area contributed by atoms with Crippen molar-refractivity contribution in [3.05, 3.63) is 24.0 Å². The highest BCUT2D eigenvalue weighted by Crippen LogP contribution is 2.44. The van der Waals surface area contributed by atoms with Gasteiger partial charge in [-0.1, -0.05) is 20.8 Å². The molecule has 29 heavy (non-hydrogen) atoms. The van der Waals surface area contributed by atoms with Crippen LogP contribution in [0.5, 0.6) is 0 Å². The molecular weight excluding hydrogens is 368 g/mol. The van der Waals surface area contributed by atoms with Crippen LogP contribution in [0.4, 0.5) is 16.2 Å². The first-order valence-electron chi connectivity index (χ1n) is 10.1. The lowest BCUT2D eigenvalue weighted by Gasteiger charge is -2.33. The first-order chi connectivity index (χ1) is 13.4. The molecule has 2 unspecified atom stereocenters. The maximum absolute atomic E-state index is 12.2. The van der Waals surface area contributed by atoms with Gasteiger partial charge in [0, 0.05) is 11.6 Å². The molecule has 3 rings (SSSR count). The molecule has 0 spiro atoms. The monoisotopic (exact) mass is 400 g/mol. The number of urea groups is 1. The second kappa shape index (κ2) is 7.24. The standard InChI is InChI=1S/C21H32N6O2/c1-12-7-8-16(21(12,5)6)25-17-14(18(22)28)10-23-27-11-13(9-15(17)27)24-19(29)26-20(2,3)4/h9-12,16,25H,7-8H2,1-6H3,(H2,22,28)(H2,24,26,29). The van der Waals surface area contributed by atoms with Crippen molar-refractivity contribution in [1.82, 2.24) is 14.9 Å². The number of fused-ring (bicyclic) bond motifs is 1. The van der Waals surface area contributed by atoms with E-state index in [1.165, 1.54) is 6.20 Å². The van der Waals surface area contributed by atoms with Gasteiger partial charge in [0.1, 0.15) is 0 Å². The summed E-state index contributed by atoms with van der Waals surface area (Å²) in [6.07, 6.45) is 5.33. The van der Waals surface area contributed by atoms with E-state index in [-0.39, 0.29) is 23.0 Å². The van der Waals surface area contributed by atoms with E-state index in [2.05, 4.69) is 41.8 Å². The molecule has 0 aromatic carbocycles. The summed E-state index contributed by atoms with van der Waals surface area (Å²) in [5.74, 6) is 0.0347. The number of hydrogen-bond donors (Lipinski definition) is 4. The minimum atomic E-state index is -0.535. The van der Waals surface area contributed by atoms with Gasteiger partial charge in [0.2, 0.25) is 0 Å². The number of nitrogens with one attached hydrogen (secondary N) is 3. The summed E-state index contributed by atoms with van der Waals surface area (Å²) in [5.41, 5.74) is 7.64. The van der Waals surface area contributed by atoms with Gasteiger partial charge in [-0.3, -0.25) is 4.79 Å². The van der Waals surface area contributed by atoms with Crippen molar-refractivity contribution in [1.29, 1.82) is 0 Å². The molecule has 0 aliphatic heterocycles. The van der Waals surface area contributed by atoms with Gasteiger partial charge in [0.15, 0.2) is 0 Å². The lowest BCUT2D eigenvalue weighted by molar-refractivity contribution is 0.100. The molecule has 1 fully saturated rings.